The molecule has 0 amide bonds. The smallest absolute Gasteiger partial charge is 0.128 e. The van der Waals surface area contributed by atoms with E-state index in [1.165, 1.54) is 0 Å². The van der Waals surface area contributed by atoms with Crippen molar-refractivity contribution in [1.29, 1.82) is 0 Å². The molecule has 1 heterocycles. The summed E-state index contributed by atoms with van der Waals surface area (Å²) >= 11 is 9.62. The number of hydrogen-bond acceptors (Lipinski definition) is 2. The lowest BCUT2D eigenvalue weighted by Crippen LogP contribution is -2.03. The first-order chi connectivity index (χ1) is 9.16. The van der Waals surface area contributed by atoms with Gasteiger partial charge in [0.15, 0.2) is 0 Å². The maximum atomic E-state index is 10.6. The third kappa shape index (κ3) is 2.38. The molecule has 2 aromatic carbocycles. The van der Waals surface area contributed by atoms with Gasteiger partial charge in [-0.3, -0.25) is 0 Å². The molecule has 1 N–H and O–H groups in total. The molecule has 2 aromatic rings. The van der Waals surface area contributed by atoms with Gasteiger partial charge in [0.1, 0.15) is 11.9 Å². The summed E-state index contributed by atoms with van der Waals surface area (Å²) in [5.41, 5.74) is 2.57. The highest BCUT2D eigenvalue weighted by atomic mass is 79.9. The monoisotopic (exact) mass is 338 g/mol. The summed E-state index contributed by atoms with van der Waals surface area (Å²) in [5.74, 6) is 0.788. The van der Waals surface area contributed by atoms with Crippen molar-refractivity contribution in [2.75, 3.05) is 6.61 Å². The van der Waals surface area contributed by atoms with Crippen LogP contribution in [0.15, 0.2) is 40.9 Å². The number of hydrogen-bond donors (Lipinski definition) is 1. The quantitative estimate of drug-likeness (QED) is 0.892. The number of aliphatic hydroxyl groups is 1. The van der Waals surface area contributed by atoms with E-state index in [1.54, 1.807) is 6.07 Å². The molecule has 1 atom stereocenters. The molecule has 1 unspecified atom stereocenters. The lowest BCUT2D eigenvalue weighted by Gasteiger charge is -2.16. The molecule has 0 saturated carbocycles. The summed E-state index contributed by atoms with van der Waals surface area (Å²) in [6, 6.07) is 11.2. The zero-order valence-electron chi connectivity index (χ0n) is 10.1. The van der Waals surface area contributed by atoms with Crippen LogP contribution in [0.4, 0.5) is 0 Å². The van der Waals surface area contributed by atoms with E-state index in [4.69, 9.17) is 16.3 Å². The van der Waals surface area contributed by atoms with Crippen LogP contribution in [0.25, 0.3) is 0 Å². The molecular formula is C15H12BrClO2. The van der Waals surface area contributed by atoms with Crippen molar-refractivity contribution in [1.82, 2.24) is 0 Å². The fourth-order valence-electron chi connectivity index (χ4n) is 2.37. The van der Waals surface area contributed by atoms with Crippen LogP contribution in [-0.4, -0.2) is 11.7 Å². The minimum atomic E-state index is -0.780. The lowest BCUT2D eigenvalue weighted by atomic mass is 9.98. The van der Waals surface area contributed by atoms with Crippen molar-refractivity contribution in [2.24, 2.45) is 0 Å². The predicted octanol–water partition coefficient (Wildman–Crippen LogP) is 4.12. The van der Waals surface area contributed by atoms with Crippen molar-refractivity contribution >= 4 is 27.5 Å². The Morgan fingerprint density at radius 2 is 2.00 bits per heavy atom. The molecule has 0 spiro atoms. The minimum Gasteiger partial charge on any atom is -0.493 e. The van der Waals surface area contributed by atoms with Crippen LogP contribution in [0.2, 0.25) is 5.02 Å². The fourth-order valence-corrected chi connectivity index (χ4v) is 3.13. The standard InChI is InChI=1S/C15H12BrClO2/c16-10-7-9-5-6-19-15(9)12(8-10)14(18)11-3-1-2-4-13(11)17/h1-4,7-8,14,18H,5-6H2. The van der Waals surface area contributed by atoms with Crippen LogP contribution in [-0.2, 0) is 6.42 Å². The third-order valence-electron chi connectivity index (χ3n) is 3.27. The van der Waals surface area contributed by atoms with Crippen molar-refractivity contribution in [3.05, 3.63) is 62.6 Å². The molecule has 2 nitrogen and oxygen atoms in total. The zero-order chi connectivity index (χ0) is 13.4. The molecule has 1 aliphatic heterocycles. The Bertz CT molecular complexity index is 628. The Morgan fingerprint density at radius 3 is 2.79 bits per heavy atom. The Balaban J connectivity index is 2.10. The number of fused-ring (bicyclic) bond motifs is 1. The van der Waals surface area contributed by atoms with E-state index in [1.807, 2.05) is 30.3 Å². The molecule has 0 radical (unpaired) electrons. The van der Waals surface area contributed by atoms with Gasteiger partial charge in [-0.1, -0.05) is 45.7 Å². The first kappa shape index (κ1) is 13.0. The van der Waals surface area contributed by atoms with Crippen molar-refractivity contribution in [2.45, 2.75) is 12.5 Å². The topological polar surface area (TPSA) is 29.5 Å². The number of ether oxygens (including phenoxy) is 1. The lowest BCUT2D eigenvalue weighted by molar-refractivity contribution is 0.214. The Kier molecular flexibility index (Phi) is 3.52. The molecule has 0 saturated heterocycles. The van der Waals surface area contributed by atoms with Gasteiger partial charge in [0.2, 0.25) is 0 Å². The van der Waals surface area contributed by atoms with Crippen LogP contribution in [0.5, 0.6) is 5.75 Å². The van der Waals surface area contributed by atoms with Gasteiger partial charge in [0.25, 0.3) is 0 Å². The Labute approximate surface area is 125 Å². The van der Waals surface area contributed by atoms with Gasteiger partial charge in [0, 0.05) is 27.0 Å². The van der Waals surface area contributed by atoms with E-state index >= 15 is 0 Å². The van der Waals surface area contributed by atoms with Crippen LogP contribution in [0.3, 0.4) is 0 Å². The maximum absolute atomic E-state index is 10.6. The first-order valence-electron chi connectivity index (χ1n) is 6.04. The molecule has 19 heavy (non-hydrogen) atoms. The SMILES string of the molecule is OC(c1ccccc1Cl)c1cc(Br)cc2c1OCC2. The third-order valence-corrected chi connectivity index (χ3v) is 4.07. The average Bonchev–Trinajstić information content (AvgIpc) is 2.85. The number of benzene rings is 2. The summed E-state index contributed by atoms with van der Waals surface area (Å²) in [6.45, 7) is 0.661. The van der Waals surface area contributed by atoms with Gasteiger partial charge in [-0.15, -0.1) is 0 Å². The van der Waals surface area contributed by atoms with Crippen molar-refractivity contribution in [3.8, 4) is 5.75 Å². The average molecular weight is 340 g/mol. The zero-order valence-corrected chi connectivity index (χ0v) is 12.4. The summed E-state index contributed by atoms with van der Waals surface area (Å²) < 4.78 is 6.59. The molecule has 0 aromatic heterocycles. The second-order valence-electron chi connectivity index (χ2n) is 4.51. The Morgan fingerprint density at radius 1 is 1.21 bits per heavy atom. The van der Waals surface area contributed by atoms with E-state index in [0.29, 0.717) is 17.2 Å². The highest BCUT2D eigenvalue weighted by molar-refractivity contribution is 9.10. The predicted molar refractivity (Wildman–Crippen MR) is 78.9 cm³/mol. The van der Waals surface area contributed by atoms with E-state index in [0.717, 1.165) is 27.8 Å². The summed E-state index contributed by atoms with van der Waals surface area (Å²) in [4.78, 5) is 0. The van der Waals surface area contributed by atoms with Crippen molar-refractivity contribution in [3.63, 3.8) is 0 Å². The Hall–Kier alpha value is -1.03. The summed E-state index contributed by atoms with van der Waals surface area (Å²) in [5, 5.41) is 11.1. The van der Waals surface area contributed by atoms with Crippen LogP contribution < -0.4 is 4.74 Å². The normalized spacial score (nSPS) is 14.9. The molecule has 0 aliphatic carbocycles. The largest absolute Gasteiger partial charge is 0.493 e. The highest BCUT2D eigenvalue weighted by Gasteiger charge is 2.24. The van der Waals surface area contributed by atoms with Gasteiger partial charge in [0.05, 0.1) is 6.61 Å². The molecule has 1 aliphatic rings. The van der Waals surface area contributed by atoms with Gasteiger partial charge >= 0.3 is 0 Å². The maximum Gasteiger partial charge on any atom is 0.128 e. The molecule has 0 bridgehead atoms. The summed E-state index contributed by atoms with van der Waals surface area (Å²) in [6.07, 6.45) is 0.0925. The van der Waals surface area contributed by atoms with E-state index < -0.39 is 6.10 Å². The van der Waals surface area contributed by atoms with E-state index in [2.05, 4.69) is 15.9 Å². The minimum absolute atomic E-state index is 0.557. The van der Waals surface area contributed by atoms with E-state index in [-0.39, 0.29) is 0 Å². The molecule has 98 valence electrons. The molecule has 0 fully saturated rings. The van der Waals surface area contributed by atoms with Crippen LogP contribution in [0, 0.1) is 0 Å². The second-order valence-corrected chi connectivity index (χ2v) is 5.83. The van der Waals surface area contributed by atoms with Gasteiger partial charge in [-0.25, -0.2) is 0 Å². The van der Waals surface area contributed by atoms with Gasteiger partial charge < -0.3 is 9.84 Å². The van der Waals surface area contributed by atoms with Crippen molar-refractivity contribution < 1.29 is 9.84 Å². The van der Waals surface area contributed by atoms with E-state index in [9.17, 15) is 5.11 Å². The molecular weight excluding hydrogens is 328 g/mol. The van der Waals surface area contributed by atoms with Gasteiger partial charge in [-0.2, -0.15) is 0 Å². The molecule has 4 heteroatoms. The fraction of sp³-hybridized carbons (Fsp3) is 0.200. The highest BCUT2D eigenvalue weighted by Crippen LogP contribution is 2.39. The molecule has 3 rings (SSSR count). The van der Waals surface area contributed by atoms with Crippen LogP contribution >= 0.6 is 27.5 Å². The first-order valence-corrected chi connectivity index (χ1v) is 7.21. The second kappa shape index (κ2) is 5.16. The summed E-state index contributed by atoms with van der Waals surface area (Å²) in [7, 11) is 0. The number of aliphatic hydroxyl groups excluding tert-OH is 1. The van der Waals surface area contributed by atoms with Gasteiger partial charge in [-0.05, 0) is 23.8 Å². The number of rotatable bonds is 2. The van der Waals surface area contributed by atoms with Crippen LogP contribution in [0.1, 0.15) is 22.8 Å². The number of halogens is 2.